The summed E-state index contributed by atoms with van der Waals surface area (Å²) in [4.78, 5) is 15.8. The minimum atomic E-state index is -0.558. The molecule has 118 valence electrons. The molecule has 2 aromatic rings. The van der Waals surface area contributed by atoms with Crippen molar-refractivity contribution in [2.24, 2.45) is 0 Å². The Balaban J connectivity index is 1.99. The molecular formula is C17H18N4O2. The van der Waals surface area contributed by atoms with Crippen LogP contribution in [0.2, 0.25) is 0 Å². The molecular weight excluding hydrogens is 292 g/mol. The first-order chi connectivity index (χ1) is 10.9. The average molecular weight is 310 g/mol. The Morgan fingerprint density at radius 1 is 1.22 bits per heavy atom. The van der Waals surface area contributed by atoms with Crippen LogP contribution < -0.4 is 10.6 Å². The van der Waals surface area contributed by atoms with Gasteiger partial charge in [-0.05, 0) is 51.1 Å². The van der Waals surface area contributed by atoms with Crippen molar-refractivity contribution >= 4 is 23.3 Å². The Morgan fingerprint density at radius 3 is 2.61 bits per heavy atom. The minimum absolute atomic E-state index is 0.399. The molecule has 0 aliphatic rings. The van der Waals surface area contributed by atoms with Crippen molar-refractivity contribution in [3.05, 3.63) is 48.2 Å². The third-order valence-electron chi connectivity index (χ3n) is 2.67. The number of pyridine rings is 1. The number of anilines is 3. The number of carbonyl (C=O) groups excluding carboxylic acids is 1. The van der Waals surface area contributed by atoms with Crippen molar-refractivity contribution in [1.82, 2.24) is 4.98 Å². The molecule has 1 aromatic heterocycles. The Labute approximate surface area is 135 Å². The van der Waals surface area contributed by atoms with Crippen LogP contribution in [-0.2, 0) is 4.74 Å². The second kappa shape index (κ2) is 6.79. The Morgan fingerprint density at radius 2 is 2.00 bits per heavy atom. The molecule has 0 saturated heterocycles. The molecule has 0 atom stereocenters. The summed E-state index contributed by atoms with van der Waals surface area (Å²) in [5.74, 6) is 0.399. The second-order valence-corrected chi connectivity index (χ2v) is 5.88. The maximum atomic E-state index is 11.7. The van der Waals surface area contributed by atoms with E-state index < -0.39 is 11.7 Å². The number of hydrogen-bond donors (Lipinski definition) is 2. The topological polar surface area (TPSA) is 87.0 Å². The fourth-order valence-electron chi connectivity index (χ4n) is 1.78. The molecule has 1 heterocycles. The first kappa shape index (κ1) is 16.3. The van der Waals surface area contributed by atoms with Gasteiger partial charge in [-0.3, -0.25) is 5.32 Å². The molecule has 0 unspecified atom stereocenters. The molecule has 23 heavy (non-hydrogen) atoms. The lowest BCUT2D eigenvalue weighted by Crippen LogP contribution is -2.27. The maximum absolute atomic E-state index is 11.7. The maximum Gasteiger partial charge on any atom is 0.413 e. The highest BCUT2D eigenvalue weighted by molar-refractivity contribution is 5.83. The third kappa shape index (κ3) is 5.32. The minimum Gasteiger partial charge on any atom is -0.444 e. The lowest BCUT2D eigenvalue weighted by Gasteiger charge is -2.19. The van der Waals surface area contributed by atoms with E-state index in [9.17, 15) is 4.79 Å². The van der Waals surface area contributed by atoms with E-state index in [0.717, 1.165) is 11.4 Å². The number of ether oxygens (including phenoxy) is 1. The first-order valence-electron chi connectivity index (χ1n) is 7.09. The Kier molecular flexibility index (Phi) is 4.82. The molecule has 0 radical (unpaired) electrons. The molecule has 6 heteroatoms. The highest BCUT2D eigenvalue weighted by Gasteiger charge is 2.16. The van der Waals surface area contributed by atoms with Crippen LogP contribution in [0.1, 0.15) is 26.3 Å². The predicted molar refractivity (Wildman–Crippen MR) is 88.5 cm³/mol. The van der Waals surface area contributed by atoms with E-state index in [-0.39, 0.29) is 0 Å². The Bertz CT molecular complexity index is 727. The summed E-state index contributed by atoms with van der Waals surface area (Å²) in [6, 6.07) is 12.7. The molecule has 1 amide bonds. The zero-order chi connectivity index (χ0) is 16.9. The van der Waals surface area contributed by atoms with Gasteiger partial charge in [0.15, 0.2) is 0 Å². The average Bonchev–Trinajstić information content (AvgIpc) is 2.47. The van der Waals surface area contributed by atoms with Crippen LogP contribution in [-0.4, -0.2) is 16.7 Å². The molecule has 0 fully saturated rings. The molecule has 0 aliphatic carbocycles. The van der Waals surface area contributed by atoms with Crippen molar-refractivity contribution in [2.75, 3.05) is 10.6 Å². The van der Waals surface area contributed by atoms with E-state index >= 15 is 0 Å². The van der Waals surface area contributed by atoms with Gasteiger partial charge in [0.1, 0.15) is 11.4 Å². The number of nitrogens with zero attached hydrogens (tertiary/aromatic N) is 2. The van der Waals surface area contributed by atoms with Crippen molar-refractivity contribution in [2.45, 2.75) is 26.4 Å². The van der Waals surface area contributed by atoms with Gasteiger partial charge in [0, 0.05) is 5.69 Å². The van der Waals surface area contributed by atoms with Crippen LogP contribution in [0.25, 0.3) is 0 Å². The van der Waals surface area contributed by atoms with Gasteiger partial charge >= 0.3 is 6.09 Å². The highest BCUT2D eigenvalue weighted by Crippen LogP contribution is 2.18. The van der Waals surface area contributed by atoms with Crippen molar-refractivity contribution in [1.29, 1.82) is 5.26 Å². The van der Waals surface area contributed by atoms with Crippen LogP contribution >= 0.6 is 0 Å². The number of benzene rings is 1. The largest absolute Gasteiger partial charge is 0.444 e. The summed E-state index contributed by atoms with van der Waals surface area (Å²) >= 11 is 0. The molecule has 0 bridgehead atoms. The summed E-state index contributed by atoms with van der Waals surface area (Å²) in [6.45, 7) is 5.38. The van der Waals surface area contributed by atoms with Crippen LogP contribution in [0.5, 0.6) is 0 Å². The fraction of sp³-hybridized carbons (Fsp3) is 0.235. The molecule has 6 nitrogen and oxygen atoms in total. The first-order valence-corrected chi connectivity index (χ1v) is 7.09. The monoisotopic (exact) mass is 310 g/mol. The molecule has 2 N–H and O–H groups in total. The third-order valence-corrected chi connectivity index (χ3v) is 2.67. The van der Waals surface area contributed by atoms with Crippen LogP contribution in [0, 0.1) is 11.3 Å². The Hall–Kier alpha value is -3.07. The van der Waals surface area contributed by atoms with Crippen LogP contribution in [0.3, 0.4) is 0 Å². The summed E-state index contributed by atoms with van der Waals surface area (Å²) in [6.07, 6.45) is 1.04. The molecule has 0 aliphatic heterocycles. The number of rotatable bonds is 3. The van der Waals surface area contributed by atoms with Crippen LogP contribution in [0.15, 0.2) is 42.6 Å². The summed E-state index contributed by atoms with van der Waals surface area (Å²) in [5, 5.41) is 14.6. The lowest BCUT2D eigenvalue weighted by atomic mass is 10.2. The number of amides is 1. The fourth-order valence-corrected chi connectivity index (χ4v) is 1.78. The van der Waals surface area contributed by atoms with E-state index in [1.165, 1.54) is 0 Å². The zero-order valence-electron chi connectivity index (χ0n) is 13.3. The summed E-state index contributed by atoms with van der Waals surface area (Å²) < 4.78 is 5.16. The van der Waals surface area contributed by atoms with E-state index in [1.54, 1.807) is 57.3 Å². The van der Waals surface area contributed by atoms with Crippen LogP contribution in [0.4, 0.5) is 22.0 Å². The van der Waals surface area contributed by atoms with Gasteiger partial charge in [0.05, 0.1) is 23.5 Å². The normalized spacial score (nSPS) is 10.5. The molecule has 0 spiro atoms. The van der Waals surface area contributed by atoms with Crippen molar-refractivity contribution < 1.29 is 9.53 Å². The van der Waals surface area contributed by atoms with Gasteiger partial charge in [0.2, 0.25) is 0 Å². The van der Waals surface area contributed by atoms with E-state index in [0.29, 0.717) is 11.4 Å². The van der Waals surface area contributed by atoms with Gasteiger partial charge in [0.25, 0.3) is 0 Å². The second-order valence-electron chi connectivity index (χ2n) is 5.88. The number of nitriles is 1. The van der Waals surface area contributed by atoms with E-state index in [2.05, 4.69) is 21.7 Å². The molecule has 0 saturated carbocycles. The van der Waals surface area contributed by atoms with Gasteiger partial charge in [-0.15, -0.1) is 0 Å². The SMILES string of the molecule is CC(C)(C)OC(=O)Nc1ccc(Nc2cccc(C#N)c2)cn1. The zero-order valence-corrected chi connectivity index (χ0v) is 13.3. The van der Waals surface area contributed by atoms with Gasteiger partial charge in [-0.1, -0.05) is 6.07 Å². The van der Waals surface area contributed by atoms with E-state index in [1.807, 2.05) is 6.07 Å². The van der Waals surface area contributed by atoms with Crippen molar-refractivity contribution in [3.8, 4) is 6.07 Å². The summed E-state index contributed by atoms with van der Waals surface area (Å²) in [7, 11) is 0. The molecule has 2 rings (SSSR count). The number of aromatic nitrogens is 1. The predicted octanol–water partition coefficient (Wildman–Crippen LogP) is 4.04. The van der Waals surface area contributed by atoms with Crippen molar-refractivity contribution in [3.63, 3.8) is 0 Å². The number of nitrogens with one attached hydrogen (secondary N) is 2. The van der Waals surface area contributed by atoms with Gasteiger partial charge < -0.3 is 10.1 Å². The van der Waals surface area contributed by atoms with Gasteiger partial charge in [-0.2, -0.15) is 5.26 Å². The quantitative estimate of drug-likeness (QED) is 0.893. The summed E-state index contributed by atoms with van der Waals surface area (Å²) in [5.41, 5.74) is 1.55. The number of hydrogen-bond acceptors (Lipinski definition) is 5. The highest BCUT2D eigenvalue weighted by atomic mass is 16.6. The molecule has 1 aromatic carbocycles. The standard InChI is InChI=1S/C17H18N4O2/c1-17(2,3)23-16(22)21-15-8-7-14(11-19-15)20-13-6-4-5-12(9-13)10-18/h4-9,11,20H,1-3H3,(H,19,21,22). The lowest BCUT2D eigenvalue weighted by molar-refractivity contribution is 0.0635. The van der Waals surface area contributed by atoms with E-state index in [4.69, 9.17) is 10.00 Å². The number of carbonyl (C=O) groups is 1. The smallest absolute Gasteiger partial charge is 0.413 e. The van der Waals surface area contributed by atoms with Gasteiger partial charge in [-0.25, -0.2) is 9.78 Å².